The number of carboxylic acids is 1. The molecule has 0 aromatic heterocycles. The van der Waals surface area contributed by atoms with E-state index in [1.54, 1.807) is 4.90 Å². The molecule has 2 unspecified atom stereocenters. The molecule has 2 amide bonds. The molecule has 6 nitrogen and oxygen atoms in total. The number of nitrogens with zero attached hydrogens (tertiary/aromatic N) is 1. The number of urea groups is 1. The fraction of sp³-hybridized carbons (Fsp3) is 0.846. The van der Waals surface area contributed by atoms with E-state index in [-0.39, 0.29) is 18.1 Å². The lowest BCUT2D eigenvalue weighted by Crippen LogP contribution is -2.49. The normalized spacial score (nSPS) is 21.9. The lowest BCUT2D eigenvalue weighted by Gasteiger charge is -2.25. The number of hydrogen-bond donors (Lipinski definition) is 2. The van der Waals surface area contributed by atoms with Gasteiger partial charge in [-0.15, -0.1) is 0 Å². The van der Waals surface area contributed by atoms with E-state index in [0.717, 1.165) is 6.42 Å². The topological polar surface area (TPSA) is 78.9 Å². The highest BCUT2D eigenvalue weighted by atomic mass is 16.5. The summed E-state index contributed by atoms with van der Waals surface area (Å²) in [6.07, 6.45) is 1.20. The van der Waals surface area contributed by atoms with Gasteiger partial charge in [0.1, 0.15) is 6.04 Å². The van der Waals surface area contributed by atoms with E-state index in [4.69, 9.17) is 9.84 Å². The van der Waals surface area contributed by atoms with Gasteiger partial charge < -0.3 is 20.1 Å². The lowest BCUT2D eigenvalue weighted by atomic mass is 10.0. The van der Waals surface area contributed by atoms with E-state index >= 15 is 0 Å². The Labute approximate surface area is 114 Å². The third kappa shape index (κ3) is 5.46. The molecule has 0 aliphatic carbocycles. The lowest BCUT2D eigenvalue weighted by molar-refractivity contribution is -0.139. The van der Waals surface area contributed by atoms with Crippen molar-refractivity contribution in [2.45, 2.75) is 45.8 Å². The van der Waals surface area contributed by atoms with Crippen LogP contribution in [0.3, 0.4) is 0 Å². The smallest absolute Gasteiger partial charge is 0.326 e. The number of aliphatic carboxylic acids is 1. The largest absolute Gasteiger partial charge is 0.480 e. The van der Waals surface area contributed by atoms with Crippen molar-refractivity contribution >= 4 is 12.0 Å². The average Bonchev–Trinajstić information content (AvgIpc) is 2.52. The van der Waals surface area contributed by atoms with Gasteiger partial charge in [0.15, 0.2) is 0 Å². The van der Waals surface area contributed by atoms with E-state index in [1.165, 1.54) is 0 Å². The monoisotopic (exact) mass is 272 g/mol. The van der Waals surface area contributed by atoms with Crippen LogP contribution < -0.4 is 5.32 Å². The molecule has 2 atom stereocenters. The molecule has 0 spiro atoms. The molecular formula is C13H24N2O4. The molecule has 6 heteroatoms. The minimum Gasteiger partial charge on any atom is -0.480 e. The van der Waals surface area contributed by atoms with Gasteiger partial charge in [0, 0.05) is 19.7 Å². The Morgan fingerprint density at radius 2 is 2.16 bits per heavy atom. The summed E-state index contributed by atoms with van der Waals surface area (Å²) in [5, 5.41) is 11.7. The second-order valence-electron chi connectivity index (χ2n) is 5.45. The predicted octanol–water partition coefficient (Wildman–Crippen LogP) is 1.31. The zero-order valence-electron chi connectivity index (χ0n) is 11.9. The summed E-state index contributed by atoms with van der Waals surface area (Å²) < 4.78 is 5.46. The first kappa shape index (κ1) is 15.8. The highest BCUT2D eigenvalue weighted by Gasteiger charge is 2.25. The first-order valence-corrected chi connectivity index (χ1v) is 6.80. The van der Waals surface area contributed by atoms with Crippen LogP contribution in [0.15, 0.2) is 0 Å². The van der Waals surface area contributed by atoms with Crippen LogP contribution in [0.4, 0.5) is 4.79 Å². The van der Waals surface area contributed by atoms with Crippen molar-refractivity contribution in [1.29, 1.82) is 0 Å². The van der Waals surface area contributed by atoms with Crippen molar-refractivity contribution < 1.29 is 19.4 Å². The number of nitrogens with one attached hydrogen (secondary N) is 1. The summed E-state index contributed by atoms with van der Waals surface area (Å²) in [5.41, 5.74) is 0. The molecule has 1 aliphatic heterocycles. The number of hydrogen-bond acceptors (Lipinski definition) is 3. The minimum atomic E-state index is -0.985. The Kier molecular flexibility index (Phi) is 6.08. The van der Waals surface area contributed by atoms with Gasteiger partial charge in [-0.25, -0.2) is 9.59 Å². The van der Waals surface area contributed by atoms with Gasteiger partial charge in [0.05, 0.1) is 6.10 Å². The summed E-state index contributed by atoms with van der Waals surface area (Å²) in [6, 6.07) is -1.14. The maximum Gasteiger partial charge on any atom is 0.326 e. The fourth-order valence-corrected chi connectivity index (χ4v) is 2.11. The van der Waals surface area contributed by atoms with E-state index in [2.05, 4.69) is 5.32 Å². The highest BCUT2D eigenvalue weighted by molar-refractivity contribution is 5.82. The van der Waals surface area contributed by atoms with E-state index in [0.29, 0.717) is 26.1 Å². The van der Waals surface area contributed by atoms with Gasteiger partial charge in [0.25, 0.3) is 0 Å². The van der Waals surface area contributed by atoms with Crippen LogP contribution in [0, 0.1) is 5.92 Å². The SMILES string of the molecule is CC(C)CC(NC(=O)N1CCCOC(C)C1)C(=O)O. The van der Waals surface area contributed by atoms with Gasteiger partial charge in [-0.2, -0.15) is 0 Å². The Bertz CT molecular complexity index is 320. The van der Waals surface area contributed by atoms with Crippen molar-refractivity contribution in [3.63, 3.8) is 0 Å². The van der Waals surface area contributed by atoms with E-state index in [9.17, 15) is 9.59 Å². The van der Waals surface area contributed by atoms with Crippen molar-refractivity contribution in [3.8, 4) is 0 Å². The van der Waals surface area contributed by atoms with Crippen LogP contribution in [0.25, 0.3) is 0 Å². The molecule has 0 bridgehead atoms. The summed E-state index contributed by atoms with van der Waals surface area (Å²) in [4.78, 5) is 24.8. The van der Waals surface area contributed by atoms with Crippen LogP contribution in [0.1, 0.15) is 33.6 Å². The quantitative estimate of drug-likeness (QED) is 0.808. The van der Waals surface area contributed by atoms with Crippen molar-refractivity contribution in [1.82, 2.24) is 10.2 Å². The van der Waals surface area contributed by atoms with Crippen molar-refractivity contribution in [3.05, 3.63) is 0 Å². The average molecular weight is 272 g/mol. The molecule has 1 fully saturated rings. The van der Waals surface area contributed by atoms with Gasteiger partial charge >= 0.3 is 12.0 Å². The zero-order valence-corrected chi connectivity index (χ0v) is 11.9. The number of carboxylic acid groups (broad SMARTS) is 1. The van der Waals surface area contributed by atoms with Crippen molar-refractivity contribution in [2.75, 3.05) is 19.7 Å². The molecule has 1 heterocycles. The third-order valence-corrected chi connectivity index (χ3v) is 3.04. The number of carbonyl (C=O) groups is 2. The molecule has 1 aliphatic rings. The summed E-state index contributed by atoms with van der Waals surface area (Å²) >= 11 is 0. The minimum absolute atomic E-state index is 0.0124. The van der Waals surface area contributed by atoms with Gasteiger partial charge in [-0.05, 0) is 25.7 Å². The predicted molar refractivity (Wildman–Crippen MR) is 71.0 cm³/mol. The molecule has 0 radical (unpaired) electrons. The molecule has 19 heavy (non-hydrogen) atoms. The summed E-state index contributed by atoms with van der Waals surface area (Å²) in [5.74, 6) is -0.769. The van der Waals surface area contributed by atoms with E-state index < -0.39 is 12.0 Å². The fourth-order valence-electron chi connectivity index (χ4n) is 2.11. The third-order valence-electron chi connectivity index (χ3n) is 3.04. The van der Waals surface area contributed by atoms with Crippen LogP contribution in [-0.4, -0.2) is 53.8 Å². The van der Waals surface area contributed by atoms with Gasteiger partial charge in [-0.1, -0.05) is 13.8 Å². The number of rotatable bonds is 4. The molecule has 0 aromatic carbocycles. The molecule has 0 aromatic rings. The highest BCUT2D eigenvalue weighted by Crippen LogP contribution is 2.08. The maximum absolute atomic E-state index is 12.1. The second kappa shape index (κ2) is 7.33. The molecular weight excluding hydrogens is 248 g/mol. The molecule has 0 saturated carbocycles. The Morgan fingerprint density at radius 1 is 1.47 bits per heavy atom. The Morgan fingerprint density at radius 3 is 2.74 bits per heavy atom. The van der Waals surface area contributed by atoms with Crippen LogP contribution >= 0.6 is 0 Å². The zero-order chi connectivity index (χ0) is 14.4. The Hall–Kier alpha value is -1.30. The first-order chi connectivity index (χ1) is 8.90. The van der Waals surface area contributed by atoms with Crippen LogP contribution in [0.5, 0.6) is 0 Å². The maximum atomic E-state index is 12.1. The summed E-state index contributed by atoms with van der Waals surface area (Å²) in [7, 11) is 0. The number of amides is 2. The van der Waals surface area contributed by atoms with Gasteiger partial charge in [-0.3, -0.25) is 0 Å². The summed E-state index contributed by atoms with van der Waals surface area (Å²) in [6.45, 7) is 7.52. The van der Waals surface area contributed by atoms with Crippen LogP contribution in [-0.2, 0) is 9.53 Å². The van der Waals surface area contributed by atoms with Crippen LogP contribution in [0.2, 0.25) is 0 Å². The van der Waals surface area contributed by atoms with Gasteiger partial charge in [0.2, 0.25) is 0 Å². The van der Waals surface area contributed by atoms with Crippen molar-refractivity contribution in [2.24, 2.45) is 5.92 Å². The molecule has 1 rings (SSSR count). The Balaban J connectivity index is 2.57. The van der Waals surface area contributed by atoms with E-state index in [1.807, 2.05) is 20.8 Å². The standard InChI is InChI=1S/C13H24N2O4/c1-9(2)7-11(12(16)17)14-13(18)15-5-4-6-19-10(3)8-15/h9-11H,4-8H2,1-3H3,(H,14,18)(H,16,17). The number of carbonyl (C=O) groups excluding carboxylic acids is 1. The molecule has 110 valence electrons. The molecule has 1 saturated heterocycles. The number of ether oxygens (including phenoxy) is 1. The molecule has 2 N–H and O–H groups in total. The first-order valence-electron chi connectivity index (χ1n) is 6.80. The second-order valence-corrected chi connectivity index (χ2v) is 5.45.